The fourth-order valence-electron chi connectivity index (χ4n) is 2.52. The maximum Gasteiger partial charge on any atom is 0.0317 e. The van der Waals surface area contributed by atoms with Crippen LogP contribution >= 0.6 is 0 Å². The average molecular weight is 216 g/mol. The van der Waals surface area contributed by atoms with Gasteiger partial charge in [0.25, 0.3) is 0 Å². The molecule has 1 heterocycles. The lowest BCUT2D eigenvalue weighted by atomic mass is 9.87. The summed E-state index contributed by atoms with van der Waals surface area (Å²) in [5.41, 5.74) is 9.62. The van der Waals surface area contributed by atoms with Crippen LogP contribution in [0.4, 0.5) is 5.69 Å². The van der Waals surface area contributed by atoms with Gasteiger partial charge in [-0.2, -0.15) is 0 Å². The first-order valence-corrected chi connectivity index (χ1v) is 5.96. The third-order valence-electron chi connectivity index (χ3n) is 3.36. The van der Waals surface area contributed by atoms with Gasteiger partial charge in [-0.25, -0.2) is 0 Å². The average Bonchev–Trinajstić information content (AvgIpc) is 2.29. The number of anilines is 1. The Hall–Kier alpha value is -1.28. The second-order valence-electron chi connectivity index (χ2n) is 4.55. The number of benzene rings is 1. The van der Waals surface area contributed by atoms with Crippen molar-refractivity contribution in [2.24, 2.45) is 0 Å². The van der Waals surface area contributed by atoms with Gasteiger partial charge in [0.1, 0.15) is 0 Å². The molecular formula is C14H20N2. The van der Waals surface area contributed by atoms with Crippen LogP contribution < -0.4 is 5.73 Å². The molecule has 2 heteroatoms. The maximum absolute atomic E-state index is 5.86. The van der Waals surface area contributed by atoms with Crippen LogP contribution in [-0.2, 0) is 6.54 Å². The summed E-state index contributed by atoms with van der Waals surface area (Å²) in [5.74, 6) is 0.618. The molecule has 0 bridgehead atoms. The van der Waals surface area contributed by atoms with Gasteiger partial charge in [0.15, 0.2) is 0 Å². The second-order valence-corrected chi connectivity index (χ2v) is 4.55. The van der Waals surface area contributed by atoms with Gasteiger partial charge in [0.05, 0.1) is 0 Å². The molecular weight excluding hydrogens is 196 g/mol. The van der Waals surface area contributed by atoms with Crippen molar-refractivity contribution in [2.45, 2.75) is 25.8 Å². The van der Waals surface area contributed by atoms with Gasteiger partial charge in [-0.3, -0.25) is 4.90 Å². The van der Waals surface area contributed by atoms with E-state index in [1.165, 1.54) is 17.5 Å². The van der Waals surface area contributed by atoms with Gasteiger partial charge in [0.2, 0.25) is 0 Å². The molecule has 0 saturated heterocycles. The summed E-state index contributed by atoms with van der Waals surface area (Å²) in [4.78, 5) is 2.44. The van der Waals surface area contributed by atoms with Gasteiger partial charge in [-0.1, -0.05) is 19.1 Å². The fourth-order valence-corrected chi connectivity index (χ4v) is 2.52. The van der Waals surface area contributed by atoms with Crippen molar-refractivity contribution >= 4 is 5.69 Å². The lowest BCUT2D eigenvalue weighted by Gasteiger charge is -2.33. The van der Waals surface area contributed by atoms with Crippen molar-refractivity contribution in [2.75, 3.05) is 18.8 Å². The molecule has 0 aliphatic carbocycles. The Labute approximate surface area is 97.8 Å². The number of hydrogen-bond donors (Lipinski definition) is 1. The highest BCUT2D eigenvalue weighted by Gasteiger charge is 2.23. The van der Waals surface area contributed by atoms with Gasteiger partial charge < -0.3 is 5.73 Å². The summed E-state index contributed by atoms with van der Waals surface area (Å²) in [6, 6.07) is 6.32. The molecule has 1 aromatic carbocycles. The van der Waals surface area contributed by atoms with Crippen molar-refractivity contribution in [1.29, 1.82) is 0 Å². The van der Waals surface area contributed by atoms with Crippen LogP contribution in [0.15, 0.2) is 30.9 Å². The summed E-state index contributed by atoms with van der Waals surface area (Å²) in [6.07, 6.45) is 3.15. The number of rotatable bonds is 3. The zero-order valence-electron chi connectivity index (χ0n) is 9.95. The summed E-state index contributed by atoms with van der Waals surface area (Å²) < 4.78 is 0. The third kappa shape index (κ3) is 2.12. The Bertz CT molecular complexity index is 384. The summed E-state index contributed by atoms with van der Waals surface area (Å²) in [7, 11) is 0. The highest BCUT2D eigenvalue weighted by atomic mass is 15.1. The zero-order chi connectivity index (χ0) is 11.5. The summed E-state index contributed by atoms with van der Waals surface area (Å²) in [5, 5.41) is 0. The van der Waals surface area contributed by atoms with Crippen LogP contribution in [0.2, 0.25) is 0 Å². The Morgan fingerprint density at radius 1 is 1.56 bits per heavy atom. The highest BCUT2D eigenvalue weighted by Crippen LogP contribution is 2.31. The van der Waals surface area contributed by atoms with Crippen molar-refractivity contribution in [3.63, 3.8) is 0 Å². The van der Waals surface area contributed by atoms with E-state index >= 15 is 0 Å². The lowest BCUT2D eigenvalue weighted by Crippen LogP contribution is -2.33. The molecule has 2 rings (SSSR count). The van der Waals surface area contributed by atoms with Crippen LogP contribution in [0.3, 0.4) is 0 Å². The predicted molar refractivity (Wildman–Crippen MR) is 69.4 cm³/mol. The molecule has 0 unspecified atom stereocenters. The van der Waals surface area contributed by atoms with Crippen LogP contribution in [0.25, 0.3) is 0 Å². The van der Waals surface area contributed by atoms with E-state index in [9.17, 15) is 0 Å². The Balaban J connectivity index is 2.30. The van der Waals surface area contributed by atoms with E-state index in [0.29, 0.717) is 5.92 Å². The molecule has 1 aliphatic rings. The molecule has 0 spiro atoms. The summed E-state index contributed by atoms with van der Waals surface area (Å²) >= 11 is 0. The fraction of sp³-hybridized carbons (Fsp3) is 0.429. The molecule has 86 valence electrons. The molecule has 0 radical (unpaired) electrons. The normalized spacial score (nSPS) is 20.4. The number of nitrogen functional groups attached to an aromatic ring is 1. The van der Waals surface area contributed by atoms with E-state index in [0.717, 1.165) is 25.3 Å². The first kappa shape index (κ1) is 11.2. The molecule has 2 nitrogen and oxygen atoms in total. The van der Waals surface area contributed by atoms with Crippen LogP contribution in [-0.4, -0.2) is 18.0 Å². The topological polar surface area (TPSA) is 29.3 Å². The van der Waals surface area contributed by atoms with Crippen molar-refractivity contribution in [3.05, 3.63) is 42.0 Å². The molecule has 1 aliphatic heterocycles. The monoisotopic (exact) mass is 216 g/mol. The molecule has 0 aromatic heterocycles. The third-order valence-corrected chi connectivity index (χ3v) is 3.36. The largest absolute Gasteiger partial charge is 0.399 e. The van der Waals surface area contributed by atoms with E-state index in [4.69, 9.17) is 5.73 Å². The molecule has 16 heavy (non-hydrogen) atoms. The smallest absolute Gasteiger partial charge is 0.0317 e. The number of nitrogens with zero attached hydrogens (tertiary/aromatic N) is 1. The second kappa shape index (κ2) is 4.71. The SMILES string of the molecule is C=CCN1Cc2ccc(N)cc2[C@H](CC)C1. The maximum atomic E-state index is 5.86. The first-order valence-electron chi connectivity index (χ1n) is 5.96. The minimum atomic E-state index is 0.618. The molecule has 1 atom stereocenters. The number of fused-ring (bicyclic) bond motifs is 1. The molecule has 1 aromatic rings. The van der Waals surface area contributed by atoms with E-state index < -0.39 is 0 Å². The standard InChI is InChI=1S/C14H20N2/c1-3-7-16-9-11(4-2)14-8-13(15)6-5-12(14)10-16/h3,5-6,8,11H,1,4,7,9-10,15H2,2H3/t11-/m1/s1. The lowest BCUT2D eigenvalue weighted by molar-refractivity contribution is 0.251. The van der Waals surface area contributed by atoms with E-state index in [-0.39, 0.29) is 0 Å². The Morgan fingerprint density at radius 2 is 2.38 bits per heavy atom. The highest BCUT2D eigenvalue weighted by molar-refractivity contribution is 5.47. The minimum absolute atomic E-state index is 0.618. The molecule has 2 N–H and O–H groups in total. The van der Waals surface area contributed by atoms with Crippen LogP contribution in [0.1, 0.15) is 30.4 Å². The van der Waals surface area contributed by atoms with Gasteiger partial charge >= 0.3 is 0 Å². The number of hydrogen-bond acceptors (Lipinski definition) is 2. The van der Waals surface area contributed by atoms with Crippen molar-refractivity contribution in [1.82, 2.24) is 4.90 Å². The van der Waals surface area contributed by atoms with Crippen LogP contribution in [0, 0.1) is 0 Å². The first-order chi connectivity index (χ1) is 7.74. The summed E-state index contributed by atoms with van der Waals surface area (Å²) in [6.45, 7) is 9.18. The quantitative estimate of drug-likeness (QED) is 0.622. The van der Waals surface area contributed by atoms with Gasteiger partial charge in [-0.05, 0) is 35.6 Å². The Morgan fingerprint density at radius 3 is 3.06 bits per heavy atom. The number of nitrogens with two attached hydrogens (primary N) is 1. The minimum Gasteiger partial charge on any atom is -0.399 e. The zero-order valence-corrected chi connectivity index (χ0v) is 9.95. The van der Waals surface area contributed by atoms with E-state index in [1.54, 1.807) is 0 Å². The molecule has 0 amide bonds. The van der Waals surface area contributed by atoms with Crippen molar-refractivity contribution in [3.8, 4) is 0 Å². The molecule has 0 saturated carbocycles. The van der Waals surface area contributed by atoms with Crippen molar-refractivity contribution < 1.29 is 0 Å². The van der Waals surface area contributed by atoms with E-state index in [2.05, 4.69) is 30.5 Å². The Kier molecular flexibility index (Phi) is 3.30. The van der Waals surface area contributed by atoms with Crippen LogP contribution in [0.5, 0.6) is 0 Å². The van der Waals surface area contributed by atoms with Gasteiger partial charge in [-0.15, -0.1) is 6.58 Å². The van der Waals surface area contributed by atoms with E-state index in [1.807, 2.05) is 12.1 Å². The van der Waals surface area contributed by atoms with Gasteiger partial charge in [0, 0.05) is 25.3 Å². The predicted octanol–water partition coefficient (Wildman–Crippen LogP) is 2.76. The molecule has 0 fully saturated rings.